The average Bonchev–Trinajstić information content (AvgIpc) is 2.42. The number of pyridine rings is 1. The second kappa shape index (κ2) is 5.29. The predicted octanol–water partition coefficient (Wildman–Crippen LogP) is 2.60. The summed E-state index contributed by atoms with van der Waals surface area (Å²) in [6.07, 6.45) is 2.43. The van der Waals surface area contributed by atoms with Gasteiger partial charge in [-0.15, -0.1) is 0 Å². The van der Waals surface area contributed by atoms with E-state index >= 15 is 0 Å². The normalized spacial score (nSPS) is 17.5. The monoisotopic (exact) mass is 271 g/mol. The Balaban J connectivity index is 1.92. The first kappa shape index (κ1) is 13.2. The molecule has 106 valence electrons. The van der Waals surface area contributed by atoms with Crippen LogP contribution in [0.15, 0.2) is 24.3 Å². The van der Waals surface area contributed by atoms with Crippen molar-refractivity contribution in [3.63, 3.8) is 0 Å². The zero-order valence-electron chi connectivity index (χ0n) is 12.1. The lowest BCUT2D eigenvalue weighted by atomic mass is 10.1. The van der Waals surface area contributed by atoms with Crippen molar-refractivity contribution in [2.45, 2.75) is 25.9 Å². The molecule has 0 bridgehead atoms. The van der Waals surface area contributed by atoms with Gasteiger partial charge < -0.3 is 15.4 Å². The molecule has 3 rings (SSSR count). The van der Waals surface area contributed by atoms with Crippen LogP contribution in [0, 0.1) is 6.92 Å². The molecule has 0 amide bonds. The summed E-state index contributed by atoms with van der Waals surface area (Å²) in [6, 6.07) is 7.81. The fraction of sp³-hybridized carbons (Fsp3) is 0.438. The van der Waals surface area contributed by atoms with Crippen molar-refractivity contribution in [2.24, 2.45) is 0 Å². The molecule has 4 heteroatoms. The van der Waals surface area contributed by atoms with Crippen LogP contribution in [0.1, 0.15) is 18.5 Å². The van der Waals surface area contributed by atoms with E-state index in [2.05, 4.69) is 16.9 Å². The Morgan fingerprint density at radius 2 is 2.00 bits per heavy atom. The first-order valence-corrected chi connectivity index (χ1v) is 7.14. The van der Waals surface area contributed by atoms with Crippen LogP contribution in [0.3, 0.4) is 0 Å². The fourth-order valence-electron chi connectivity index (χ4n) is 2.72. The zero-order chi connectivity index (χ0) is 14.1. The third-order valence-electron chi connectivity index (χ3n) is 3.88. The quantitative estimate of drug-likeness (QED) is 0.853. The number of anilines is 1. The number of ether oxygens (including phenoxy) is 1. The smallest absolute Gasteiger partial charge is 0.130 e. The minimum atomic E-state index is 0.289. The van der Waals surface area contributed by atoms with Crippen molar-refractivity contribution in [3.05, 3.63) is 30.0 Å². The maximum absolute atomic E-state index is 6.23. The second-order valence-corrected chi connectivity index (χ2v) is 5.66. The number of hydrogen-bond donors (Lipinski definition) is 1. The topological polar surface area (TPSA) is 51.4 Å². The van der Waals surface area contributed by atoms with Gasteiger partial charge >= 0.3 is 0 Å². The minimum absolute atomic E-state index is 0.289. The van der Waals surface area contributed by atoms with Gasteiger partial charge in [-0.05, 0) is 45.0 Å². The van der Waals surface area contributed by atoms with E-state index in [0.29, 0.717) is 0 Å². The van der Waals surface area contributed by atoms with Crippen LogP contribution < -0.4 is 10.5 Å². The van der Waals surface area contributed by atoms with Gasteiger partial charge in [0.15, 0.2) is 0 Å². The van der Waals surface area contributed by atoms with Gasteiger partial charge in [0, 0.05) is 35.9 Å². The van der Waals surface area contributed by atoms with Gasteiger partial charge in [-0.25, -0.2) is 0 Å². The molecule has 2 N–H and O–H groups in total. The van der Waals surface area contributed by atoms with Crippen LogP contribution in [0.2, 0.25) is 0 Å². The summed E-state index contributed by atoms with van der Waals surface area (Å²) in [7, 11) is 2.16. The maximum atomic E-state index is 6.23. The fourth-order valence-corrected chi connectivity index (χ4v) is 2.72. The van der Waals surface area contributed by atoms with Crippen molar-refractivity contribution >= 4 is 16.6 Å². The summed E-state index contributed by atoms with van der Waals surface area (Å²) in [6.45, 7) is 4.18. The molecule has 0 aliphatic carbocycles. The van der Waals surface area contributed by atoms with Gasteiger partial charge in [0.25, 0.3) is 0 Å². The molecule has 1 saturated heterocycles. The molecule has 4 nitrogen and oxygen atoms in total. The number of nitrogens with zero attached hydrogens (tertiary/aromatic N) is 2. The number of aromatic nitrogens is 1. The molecule has 0 atom stereocenters. The van der Waals surface area contributed by atoms with Crippen molar-refractivity contribution in [2.75, 3.05) is 25.9 Å². The first-order valence-electron chi connectivity index (χ1n) is 7.14. The molecule has 0 saturated carbocycles. The first-order chi connectivity index (χ1) is 9.61. The Hall–Kier alpha value is -1.81. The van der Waals surface area contributed by atoms with E-state index in [-0.39, 0.29) is 6.10 Å². The lowest BCUT2D eigenvalue weighted by molar-refractivity contribution is 0.115. The lowest BCUT2D eigenvalue weighted by Crippen LogP contribution is -2.35. The molecule has 1 aliphatic rings. The van der Waals surface area contributed by atoms with Crippen molar-refractivity contribution in [3.8, 4) is 5.75 Å². The molecular formula is C16H21N3O. The highest BCUT2D eigenvalue weighted by atomic mass is 16.5. The number of hydrogen-bond acceptors (Lipinski definition) is 4. The third-order valence-corrected chi connectivity index (χ3v) is 3.88. The molecule has 1 fully saturated rings. The molecule has 0 unspecified atom stereocenters. The highest BCUT2D eigenvalue weighted by Gasteiger charge is 2.19. The SMILES string of the molecule is Cc1cc(OC2CCN(C)CC2)c2cc(N)ccc2n1. The number of piperidine rings is 1. The van der Waals surface area contributed by atoms with Gasteiger partial charge in [-0.2, -0.15) is 0 Å². The Morgan fingerprint density at radius 3 is 2.75 bits per heavy atom. The molecule has 20 heavy (non-hydrogen) atoms. The van der Waals surface area contributed by atoms with Gasteiger partial charge in [-0.3, -0.25) is 4.98 Å². The summed E-state index contributed by atoms with van der Waals surface area (Å²) in [5.74, 6) is 0.911. The summed E-state index contributed by atoms with van der Waals surface area (Å²) < 4.78 is 6.23. The number of nitrogen functional groups attached to an aromatic ring is 1. The van der Waals surface area contributed by atoms with E-state index in [1.54, 1.807) is 0 Å². The maximum Gasteiger partial charge on any atom is 0.130 e. The Morgan fingerprint density at radius 1 is 1.25 bits per heavy atom. The van der Waals surface area contributed by atoms with Crippen LogP contribution in [-0.2, 0) is 0 Å². The molecule has 0 radical (unpaired) electrons. The molecule has 1 aromatic carbocycles. The van der Waals surface area contributed by atoms with Crippen LogP contribution in [0.25, 0.3) is 10.9 Å². The van der Waals surface area contributed by atoms with Crippen LogP contribution in [0.4, 0.5) is 5.69 Å². The molecular weight excluding hydrogens is 250 g/mol. The summed E-state index contributed by atoms with van der Waals surface area (Å²) in [5.41, 5.74) is 8.56. The van der Waals surface area contributed by atoms with E-state index in [9.17, 15) is 0 Å². The van der Waals surface area contributed by atoms with Gasteiger partial charge in [0.2, 0.25) is 0 Å². The standard InChI is InChI=1S/C16H21N3O/c1-11-9-16(20-13-5-7-19(2)8-6-13)14-10-12(17)3-4-15(14)18-11/h3-4,9-10,13H,5-8,17H2,1-2H3. The highest BCUT2D eigenvalue weighted by Crippen LogP contribution is 2.29. The van der Waals surface area contributed by atoms with E-state index in [0.717, 1.165) is 54.0 Å². The van der Waals surface area contributed by atoms with Crippen molar-refractivity contribution in [1.29, 1.82) is 0 Å². The summed E-state index contributed by atoms with van der Waals surface area (Å²) in [4.78, 5) is 6.88. The molecule has 2 aromatic rings. The van der Waals surface area contributed by atoms with Gasteiger partial charge in [0.05, 0.1) is 5.52 Å². The van der Waals surface area contributed by atoms with E-state index in [1.807, 2.05) is 31.2 Å². The van der Waals surface area contributed by atoms with Crippen molar-refractivity contribution in [1.82, 2.24) is 9.88 Å². The number of aryl methyl sites for hydroxylation is 1. The van der Waals surface area contributed by atoms with Gasteiger partial charge in [-0.1, -0.05) is 0 Å². The van der Waals surface area contributed by atoms with Crippen molar-refractivity contribution < 1.29 is 4.74 Å². The Labute approximate surface area is 119 Å². The number of benzene rings is 1. The van der Waals surface area contributed by atoms with E-state index < -0.39 is 0 Å². The summed E-state index contributed by atoms with van der Waals surface area (Å²) in [5, 5.41) is 1.01. The number of fused-ring (bicyclic) bond motifs is 1. The largest absolute Gasteiger partial charge is 0.490 e. The average molecular weight is 271 g/mol. The zero-order valence-corrected chi connectivity index (χ0v) is 12.1. The minimum Gasteiger partial charge on any atom is -0.490 e. The summed E-state index contributed by atoms with van der Waals surface area (Å²) >= 11 is 0. The predicted molar refractivity (Wildman–Crippen MR) is 82.0 cm³/mol. The van der Waals surface area contributed by atoms with E-state index in [4.69, 9.17) is 10.5 Å². The Kier molecular flexibility index (Phi) is 3.49. The highest BCUT2D eigenvalue weighted by molar-refractivity contribution is 5.87. The number of likely N-dealkylation sites (tertiary alicyclic amines) is 1. The molecule has 0 spiro atoms. The third kappa shape index (κ3) is 2.70. The second-order valence-electron chi connectivity index (χ2n) is 5.66. The molecule has 1 aliphatic heterocycles. The number of rotatable bonds is 2. The van der Waals surface area contributed by atoms with E-state index in [1.165, 1.54) is 0 Å². The molecule has 1 aromatic heterocycles. The van der Waals surface area contributed by atoms with Crippen LogP contribution in [-0.4, -0.2) is 36.1 Å². The van der Waals surface area contributed by atoms with Gasteiger partial charge in [0.1, 0.15) is 11.9 Å². The Bertz CT molecular complexity index is 618. The molecule has 2 heterocycles. The number of nitrogens with two attached hydrogens (primary N) is 1. The lowest BCUT2D eigenvalue weighted by Gasteiger charge is -2.29. The van der Waals surface area contributed by atoms with Crippen LogP contribution in [0.5, 0.6) is 5.75 Å². The van der Waals surface area contributed by atoms with Crippen LogP contribution >= 0.6 is 0 Å².